The number of hydrogen-bond acceptors (Lipinski definition) is 7. The third kappa shape index (κ3) is 6.68. The van der Waals surface area contributed by atoms with E-state index in [2.05, 4.69) is 147 Å². The highest BCUT2D eigenvalue weighted by Crippen LogP contribution is 2.67. The lowest BCUT2D eigenvalue weighted by atomic mass is 9.52. The number of rotatable bonds is 7. The number of anilines is 2. The predicted molar refractivity (Wildman–Crippen MR) is 260 cm³/mol. The van der Waals surface area contributed by atoms with Gasteiger partial charge in [-0.15, -0.1) is 0 Å². The maximum Gasteiger partial charge on any atom is 0.178 e. The molecule has 11 rings (SSSR count). The van der Waals surface area contributed by atoms with Gasteiger partial charge in [0.15, 0.2) is 5.60 Å². The smallest absolute Gasteiger partial charge is 0.178 e. The maximum atomic E-state index is 7.92. The van der Waals surface area contributed by atoms with Crippen molar-refractivity contribution in [2.75, 3.05) is 76.6 Å². The second-order valence-electron chi connectivity index (χ2n) is 20.3. The molecule has 0 amide bonds. The molecule has 64 heavy (non-hydrogen) atoms. The SMILES string of the molecule is COc1ccc(C2(c3ccc(N4CCOCC4)cc3)C=Cc3c4c(c5cc(-c6ccc(N7CCOCC7)cc6)c(OC)cc5c3O2)-c2ccccc2C42CC(C)(C)CC(C)(C)C2)cc1. The van der Waals surface area contributed by atoms with Gasteiger partial charge in [-0.2, -0.15) is 0 Å². The van der Waals surface area contributed by atoms with Crippen molar-refractivity contribution in [3.63, 3.8) is 0 Å². The zero-order valence-electron chi connectivity index (χ0n) is 38.3. The van der Waals surface area contributed by atoms with E-state index in [1.807, 2.05) is 12.1 Å². The summed E-state index contributed by atoms with van der Waals surface area (Å²) in [7, 11) is 3.51. The Hall–Kier alpha value is -5.76. The number of benzene rings is 6. The molecule has 328 valence electrons. The number of morpholine rings is 2. The second-order valence-corrected chi connectivity index (χ2v) is 20.3. The second kappa shape index (κ2) is 15.5. The van der Waals surface area contributed by atoms with E-state index in [1.165, 1.54) is 51.0 Å². The standard InChI is InChI=1S/C57H60N2O5/c1-54(2)35-55(3,4)37-56(36-54)49-10-8-7-9-44(49)51-47-33-46(38-11-17-41(18-12-38)58-25-29-62-30-26-58)50(61-6)34-48(47)53-45(52(51)56)23-24-57(64-53,40-15-21-43(60-5)22-16-40)39-13-19-42(20-14-39)59-27-31-63-32-28-59/h7-24,33-34H,25-32,35-37H2,1-6H3. The Kier molecular flexibility index (Phi) is 9.89. The summed E-state index contributed by atoms with van der Waals surface area (Å²) in [6.45, 7) is 16.5. The third-order valence-electron chi connectivity index (χ3n) is 14.8. The molecule has 2 saturated heterocycles. The molecule has 3 heterocycles. The van der Waals surface area contributed by atoms with E-state index in [9.17, 15) is 0 Å². The van der Waals surface area contributed by atoms with Crippen molar-refractivity contribution < 1.29 is 23.7 Å². The fourth-order valence-electron chi connectivity index (χ4n) is 12.8. The van der Waals surface area contributed by atoms with Crippen LogP contribution in [-0.4, -0.2) is 66.8 Å². The van der Waals surface area contributed by atoms with Gasteiger partial charge in [-0.3, -0.25) is 0 Å². The van der Waals surface area contributed by atoms with Crippen LogP contribution in [0.1, 0.15) is 74.8 Å². The summed E-state index contributed by atoms with van der Waals surface area (Å²) in [5.41, 5.74) is 12.4. The first kappa shape index (κ1) is 41.0. The first-order valence-electron chi connectivity index (χ1n) is 23.2. The van der Waals surface area contributed by atoms with Crippen LogP contribution in [0.5, 0.6) is 17.2 Å². The molecule has 2 aliphatic carbocycles. The van der Waals surface area contributed by atoms with Crippen LogP contribution in [0.15, 0.2) is 115 Å². The molecule has 1 spiro atoms. The lowest BCUT2D eigenvalue weighted by molar-refractivity contribution is 0.0642. The van der Waals surface area contributed by atoms with Crippen molar-refractivity contribution in [3.05, 3.63) is 143 Å². The first-order valence-corrected chi connectivity index (χ1v) is 23.2. The molecule has 6 aromatic carbocycles. The minimum Gasteiger partial charge on any atom is -0.497 e. The summed E-state index contributed by atoms with van der Waals surface area (Å²) < 4.78 is 31.4. The summed E-state index contributed by atoms with van der Waals surface area (Å²) in [4.78, 5) is 4.81. The highest BCUT2D eigenvalue weighted by atomic mass is 16.5. The Balaban J connectivity index is 1.17. The normalized spacial score (nSPS) is 21.5. The highest BCUT2D eigenvalue weighted by Gasteiger charge is 2.55. The average molecular weight is 853 g/mol. The van der Waals surface area contributed by atoms with Crippen molar-refractivity contribution >= 4 is 28.2 Å². The fourth-order valence-corrected chi connectivity index (χ4v) is 12.8. The maximum absolute atomic E-state index is 7.92. The Bertz CT molecular complexity index is 2740. The van der Waals surface area contributed by atoms with Gasteiger partial charge in [-0.25, -0.2) is 0 Å². The van der Waals surface area contributed by atoms with Crippen molar-refractivity contribution in [2.45, 2.75) is 58.0 Å². The van der Waals surface area contributed by atoms with E-state index in [1.54, 1.807) is 14.2 Å². The van der Waals surface area contributed by atoms with Gasteiger partial charge in [0, 0.05) is 70.6 Å². The molecule has 0 aromatic heterocycles. The van der Waals surface area contributed by atoms with Crippen molar-refractivity contribution in [2.24, 2.45) is 10.8 Å². The van der Waals surface area contributed by atoms with Crippen LogP contribution >= 0.6 is 0 Å². The van der Waals surface area contributed by atoms with Gasteiger partial charge in [0.1, 0.15) is 17.2 Å². The predicted octanol–water partition coefficient (Wildman–Crippen LogP) is 12.0. The molecule has 0 bridgehead atoms. The van der Waals surface area contributed by atoms with Crippen molar-refractivity contribution in [1.29, 1.82) is 0 Å². The molecule has 0 N–H and O–H groups in total. The van der Waals surface area contributed by atoms with Crippen LogP contribution < -0.4 is 24.0 Å². The summed E-state index contributed by atoms with van der Waals surface area (Å²) in [6.07, 6.45) is 8.01. The van der Waals surface area contributed by atoms with E-state index in [-0.39, 0.29) is 16.2 Å². The number of hydrogen-bond donors (Lipinski definition) is 0. The molecule has 7 nitrogen and oxygen atoms in total. The Morgan fingerprint density at radius 2 is 1.16 bits per heavy atom. The lowest BCUT2D eigenvalue weighted by Gasteiger charge is -2.52. The van der Waals surface area contributed by atoms with Crippen LogP contribution in [-0.2, 0) is 20.5 Å². The topological polar surface area (TPSA) is 52.6 Å². The van der Waals surface area contributed by atoms with Gasteiger partial charge < -0.3 is 33.5 Å². The summed E-state index contributed by atoms with van der Waals surface area (Å²) in [5, 5.41) is 2.24. The molecule has 3 aliphatic heterocycles. The van der Waals surface area contributed by atoms with Crippen molar-refractivity contribution in [1.82, 2.24) is 0 Å². The van der Waals surface area contributed by atoms with Gasteiger partial charge in [-0.05, 0) is 118 Å². The van der Waals surface area contributed by atoms with E-state index >= 15 is 0 Å². The van der Waals surface area contributed by atoms with Crippen LogP contribution in [0, 0.1) is 10.8 Å². The van der Waals surface area contributed by atoms with E-state index in [0.717, 1.165) is 110 Å². The molecule has 5 aliphatic rings. The summed E-state index contributed by atoms with van der Waals surface area (Å²) in [6, 6.07) is 40.3. The fraction of sp³-hybridized carbons (Fsp3) is 0.368. The van der Waals surface area contributed by atoms with Crippen LogP contribution in [0.25, 0.3) is 39.1 Å². The van der Waals surface area contributed by atoms with E-state index < -0.39 is 5.60 Å². The van der Waals surface area contributed by atoms with E-state index in [0.29, 0.717) is 0 Å². The molecule has 3 fully saturated rings. The van der Waals surface area contributed by atoms with Crippen LogP contribution in [0.3, 0.4) is 0 Å². The zero-order valence-corrected chi connectivity index (χ0v) is 38.3. The molecule has 0 radical (unpaired) electrons. The summed E-state index contributed by atoms with van der Waals surface area (Å²) >= 11 is 0. The average Bonchev–Trinajstić information content (AvgIpc) is 3.58. The number of fused-ring (bicyclic) bond motifs is 10. The molecule has 1 unspecified atom stereocenters. The van der Waals surface area contributed by atoms with Gasteiger partial charge in [-0.1, -0.05) is 94.4 Å². The number of nitrogens with zero attached hydrogens (tertiary/aromatic N) is 2. The Morgan fingerprint density at radius 3 is 1.75 bits per heavy atom. The molecule has 7 heteroatoms. The monoisotopic (exact) mass is 852 g/mol. The number of methoxy groups -OCH3 is 2. The van der Waals surface area contributed by atoms with Crippen molar-refractivity contribution in [3.8, 4) is 39.5 Å². The van der Waals surface area contributed by atoms with Gasteiger partial charge in [0.2, 0.25) is 0 Å². The largest absolute Gasteiger partial charge is 0.497 e. The highest BCUT2D eigenvalue weighted by molar-refractivity contribution is 6.10. The molecule has 1 atom stereocenters. The van der Waals surface area contributed by atoms with Gasteiger partial charge >= 0.3 is 0 Å². The molecular weight excluding hydrogens is 793 g/mol. The Morgan fingerprint density at radius 1 is 0.578 bits per heavy atom. The Labute approximate surface area is 378 Å². The van der Waals surface area contributed by atoms with Crippen LogP contribution in [0.2, 0.25) is 0 Å². The van der Waals surface area contributed by atoms with Crippen LogP contribution in [0.4, 0.5) is 11.4 Å². The zero-order chi connectivity index (χ0) is 43.8. The molecular formula is C57H60N2O5. The third-order valence-corrected chi connectivity index (χ3v) is 14.8. The minimum atomic E-state index is -0.936. The molecule has 6 aromatic rings. The molecule has 1 saturated carbocycles. The van der Waals surface area contributed by atoms with Gasteiger partial charge in [0.25, 0.3) is 0 Å². The first-order chi connectivity index (χ1) is 31.0. The van der Waals surface area contributed by atoms with Gasteiger partial charge in [0.05, 0.1) is 40.6 Å². The summed E-state index contributed by atoms with van der Waals surface area (Å²) in [5.74, 6) is 2.52. The van der Waals surface area contributed by atoms with E-state index in [4.69, 9.17) is 23.7 Å². The number of ether oxygens (including phenoxy) is 5. The quantitative estimate of drug-likeness (QED) is 0.159. The minimum absolute atomic E-state index is 0.111. The lowest BCUT2D eigenvalue weighted by Crippen LogP contribution is -2.44.